The fourth-order valence-corrected chi connectivity index (χ4v) is 3.49. The van der Waals surface area contributed by atoms with Crippen molar-refractivity contribution in [2.75, 3.05) is 13.4 Å². The first-order valence-electron chi connectivity index (χ1n) is 8.50. The minimum Gasteiger partial charge on any atom is -0.454 e. The van der Waals surface area contributed by atoms with Gasteiger partial charge in [0.05, 0.1) is 48.1 Å². The van der Waals surface area contributed by atoms with Crippen molar-refractivity contribution in [2.45, 2.75) is 19.3 Å². The van der Waals surface area contributed by atoms with Crippen LogP contribution in [-0.2, 0) is 17.9 Å². The lowest BCUT2D eigenvalue weighted by atomic mass is 10.2. The summed E-state index contributed by atoms with van der Waals surface area (Å²) < 4.78 is 17.4. The molecule has 146 valence electrons. The van der Waals surface area contributed by atoms with E-state index in [-0.39, 0.29) is 25.5 Å². The predicted molar refractivity (Wildman–Crippen MR) is 104 cm³/mol. The van der Waals surface area contributed by atoms with Gasteiger partial charge in [0.1, 0.15) is 0 Å². The molecule has 2 aromatic carbocycles. The maximum atomic E-state index is 12.6. The lowest BCUT2D eigenvalue weighted by Gasteiger charge is -2.14. The van der Waals surface area contributed by atoms with Gasteiger partial charge in [-0.3, -0.25) is 9.36 Å². The minimum absolute atomic E-state index is 0.0348. The number of hydrogen-bond acceptors (Lipinski definition) is 6. The van der Waals surface area contributed by atoms with Gasteiger partial charge in [-0.1, -0.05) is 29.3 Å². The van der Waals surface area contributed by atoms with Gasteiger partial charge in [-0.25, -0.2) is 4.98 Å². The van der Waals surface area contributed by atoms with Crippen molar-refractivity contribution < 1.29 is 19.3 Å². The molecule has 1 aromatic heterocycles. The van der Waals surface area contributed by atoms with E-state index in [9.17, 15) is 9.90 Å². The molecule has 1 aliphatic heterocycles. The van der Waals surface area contributed by atoms with Crippen LogP contribution in [-0.4, -0.2) is 34.2 Å². The number of aliphatic hydroxyl groups excluding tert-OH is 1. The number of hydrogen-bond donors (Lipinski definition) is 1. The smallest absolute Gasteiger partial charge is 0.261 e. The van der Waals surface area contributed by atoms with Crippen LogP contribution in [0.1, 0.15) is 5.56 Å². The van der Waals surface area contributed by atoms with Gasteiger partial charge in [-0.15, -0.1) is 0 Å². The number of rotatable bonds is 6. The minimum atomic E-state index is -0.888. The Kier molecular flexibility index (Phi) is 5.41. The number of halogens is 2. The summed E-state index contributed by atoms with van der Waals surface area (Å²) in [5.74, 6) is 1.37. The van der Waals surface area contributed by atoms with Gasteiger partial charge in [0, 0.05) is 5.02 Å². The summed E-state index contributed by atoms with van der Waals surface area (Å²) in [6.45, 7) is 0.593. The average Bonchev–Trinajstić information content (AvgIpc) is 3.12. The van der Waals surface area contributed by atoms with Crippen molar-refractivity contribution in [1.29, 1.82) is 0 Å². The van der Waals surface area contributed by atoms with E-state index >= 15 is 0 Å². The summed E-state index contributed by atoms with van der Waals surface area (Å²) in [7, 11) is 0. The molecule has 1 aliphatic rings. The molecule has 0 aliphatic carbocycles. The zero-order valence-corrected chi connectivity index (χ0v) is 16.1. The van der Waals surface area contributed by atoms with Crippen LogP contribution < -0.4 is 15.0 Å². The summed E-state index contributed by atoms with van der Waals surface area (Å²) in [6.07, 6.45) is 0.464. The molecule has 4 rings (SSSR count). The molecule has 1 unspecified atom stereocenters. The summed E-state index contributed by atoms with van der Waals surface area (Å²) in [5.41, 5.74) is 0.940. The van der Waals surface area contributed by atoms with Gasteiger partial charge in [0.15, 0.2) is 11.5 Å². The van der Waals surface area contributed by atoms with Gasteiger partial charge in [-0.2, -0.15) is 0 Å². The number of aliphatic hydroxyl groups is 1. The van der Waals surface area contributed by atoms with E-state index in [0.29, 0.717) is 39.1 Å². The van der Waals surface area contributed by atoms with Crippen LogP contribution in [0.15, 0.2) is 41.5 Å². The predicted octanol–water partition coefficient (Wildman–Crippen LogP) is 3.01. The summed E-state index contributed by atoms with van der Waals surface area (Å²) in [6, 6.07) is 8.55. The lowest BCUT2D eigenvalue weighted by molar-refractivity contribution is 0.0198. The monoisotopic (exact) mass is 422 g/mol. The molecular formula is C19H16Cl2N2O5. The Hall–Kier alpha value is -2.32. The number of nitrogens with zero attached hydrogens (tertiary/aromatic N) is 2. The molecule has 0 bridgehead atoms. The number of fused-ring (bicyclic) bond motifs is 2. The molecule has 1 N–H and O–H groups in total. The van der Waals surface area contributed by atoms with E-state index in [1.54, 1.807) is 0 Å². The van der Waals surface area contributed by atoms with Crippen LogP contribution >= 0.6 is 23.2 Å². The summed E-state index contributed by atoms with van der Waals surface area (Å²) in [5, 5.41) is 11.2. The largest absolute Gasteiger partial charge is 0.454 e. The number of ether oxygens (including phenoxy) is 3. The quantitative estimate of drug-likeness (QED) is 0.657. The second-order valence-electron chi connectivity index (χ2n) is 6.34. The van der Waals surface area contributed by atoms with Crippen LogP contribution in [0, 0.1) is 0 Å². The Bertz CT molecular complexity index is 1090. The molecule has 0 amide bonds. The van der Waals surface area contributed by atoms with Crippen LogP contribution in [0.4, 0.5) is 0 Å². The third-order valence-electron chi connectivity index (χ3n) is 4.27. The summed E-state index contributed by atoms with van der Waals surface area (Å²) >= 11 is 12.0. The molecule has 9 heteroatoms. The molecular weight excluding hydrogens is 407 g/mol. The van der Waals surface area contributed by atoms with E-state index in [4.69, 9.17) is 37.4 Å². The van der Waals surface area contributed by atoms with E-state index in [0.717, 1.165) is 5.56 Å². The molecule has 0 saturated heterocycles. The van der Waals surface area contributed by atoms with Crippen molar-refractivity contribution in [3.05, 3.63) is 62.6 Å². The maximum Gasteiger partial charge on any atom is 0.261 e. The van der Waals surface area contributed by atoms with Crippen molar-refractivity contribution >= 4 is 34.1 Å². The highest BCUT2D eigenvalue weighted by Crippen LogP contribution is 2.32. The third kappa shape index (κ3) is 3.93. The number of benzene rings is 2. The highest BCUT2D eigenvalue weighted by molar-refractivity contribution is 6.38. The lowest BCUT2D eigenvalue weighted by Crippen LogP contribution is -2.29. The SMILES string of the molecule is O=c1c2cc(Cl)cc(Cl)c2ncn1CC(O)COCc1ccc2c(c1)OCO2. The van der Waals surface area contributed by atoms with Gasteiger partial charge in [0.2, 0.25) is 6.79 Å². The molecule has 7 nitrogen and oxygen atoms in total. The average molecular weight is 423 g/mol. The molecule has 2 heterocycles. The normalized spacial score (nSPS) is 13.8. The fourth-order valence-electron chi connectivity index (χ4n) is 2.95. The van der Waals surface area contributed by atoms with Crippen LogP contribution in [0.2, 0.25) is 10.0 Å². The van der Waals surface area contributed by atoms with Crippen LogP contribution in [0.5, 0.6) is 11.5 Å². The molecule has 0 fully saturated rings. The number of aromatic nitrogens is 2. The molecule has 3 aromatic rings. The first-order valence-corrected chi connectivity index (χ1v) is 9.25. The zero-order valence-electron chi connectivity index (χ0n) is 14.6. The summed E-state index contributed by atoms with van der Waals surface area (Å²) in [4.78, 5) is 16.8. The Morgan fingerprint density at radius 3 is 2.89 bits per heavy atom. The Morgan fingerprint density at radius 2 is 2.04 bits per heavy atom. The van der Waals surface area contributed by atoms with Gasteiger partial charge < -0.3 is 19.3 Å². The van der Waals surface area contributed by atoms with Crippen LogP contribution in [0.3, 0.4) is 0 Å². The Balaban J connectivity index is 1.39. The van der Waals surface area contributed by atoms with Crippen molar-refractivity contribution in [3.63, 3.8) is 0 Å². The van der Waals surface area contributed by atoms with Crippen molar-refractivity contribution in [2.24, 2.45) is 0 Å². The maximum absolute atomic E-state index is 12.6. The molecule has 0 spiro atoms. The van der Waals surface area contributed by atoms with Gasteiger partial charge in [-0.05, 0) is 29.8 Å². The van der Waals surface area contributed by atoms with E-state index in [1.807, 2.05) is 18.2 Å². The molecule has 1 atom stereocenters. The topological polar surface area (TPSA) is 82.8 Å². The van der Waals surface area contributed by atoms with Crippen molar-refractivity contribution in [3.8, 4) is 11.5 Å². The van der Waals surface area contributed by atoms with E-state index in [1.165, 1.54) is 23.0 Å². The van der Waals surface area contributed by atoms with Crippen molar-refractivity contribution in [1.82, 2.24) is 9.55 Å². The first kappa shape index (κ1) is 19.0. The standard InChI is InChI=1S/C19H16Cl2N2O5/c20-12-4-14-18(15(21)5-12)22-9-23(19(14)25)6-13(24)8-26-7-11-1-2-16-17(3-11)28-10-27-16/h1-5,9,13,24H,6-8,10H2. The molecule has 28 heavy (non-hydrogen) atoms. The fraction of sp³-hybridized carbons (Fsp3) is 0.263. The second-order valence-corrected chi connectivity index (χ2v) is 7.19. The zero-order chi connectivity index (χ0) is 19.7. The second kappa shape index (κ2) is 7.97. The van der Waals surface area contributed by atoms with Crippen LogP contribution in [0.25, 0.3) is 10.9 Å². The highest BCUT2D eigenvalue weighted by atomic mass is 35.5. The third-order valence-corrected chi connectivity index (χ3v) is 4.78. The Morgan fingerprint density at radius 1 is 1.21 bits per heavy atom. The Labute approximate surface area is 170 Å². The first-order chi connectivity index (χ1) is 13.5. The molecule has 0 saturated carbocycles. The molecule has 0 radical (unpaired) electrons. The van der Waals surface area contributed by atoms with Gasteiger partial charge in [0.25, 0.3) is 5.56 Å². The highest BCUT2D eigenvalue weighted by Gasteiger charge is 2.14. The van der Waals surface area contributed by atoms with E-state index in [2.05, 4.69) is 4.98 Å². The van der Waals surface area contributed by atoms with E-state index < -0.39 is 6.10 Å². The van der Waals surface area contributed by atoms with Gasteiger partial charge >= 0.3 is 0 Å².